The zero-order valence-corrected chi connectivity index (χ0v) is 17.3. The first-order valence-corrected chi connectivity index (χ1v) is 9.68. The first-order valence-electron chi connectivity index (χ1n) is 9.30. The molecule has 0 aliphatic rings. The highest BCUT2D eigenvalue weighted by Gasteiger charge is 2.29. The molecule has 0 amide bonds. The van der Waals surface area contributed by atoms with Crippen LogP contribution < -0.4 is 5.43 Å². The fraction of sp³-hybridized carbons (Fsp3) is 0.136. The van der Waals surface area contributed by atoms with Crippen molar-refractivity contribution in [1.82, 2.24) is 14.5 Å². The molecule has 0 spiro atoms. The molecule has 2 heterocycles. The Kier molecular flexibility index (Phi) is 5.41. The van der Waals surface area contributed by atoms with Crippen LogP contribution in [0.15, 0.2) is 60.0 Å². The summed E-state index contributed by atoms with van der Waals surface area (Å²) in [5, 5.41) is 5.56. The maximum Gasteiger partial charge on any atom is 0.416 e. The van der Waals surface area contributed by atoms with E-state index in [2.05, 4.69) is 20.5 Å². The molecule has 0 unspecified atom stereocenters. The second kappa shape index (κ2) is 8.03. The summed E-state index contributed by atoms with van der Waals surface area (Å²) in [5.41, 5.74) is 6.22. The third kappa shape index (κ3) is 4.11. The summed E-state index contributed by atoms with van der Waals surface area (Å²) in [6, 6.07) is 12.2. The molecule has 1 N–H and O–H groups in total. The van der Waals surface area contributed by atoms with Crippen LogP contribution in [0, 0.1) is 13.8 Å². The first kappa shape index (κ1) is 20.9. The molecule has 0 radical (unpaired) electrons. The normalized spacial score (nSPS) is 12.1. The summed E-state index contributed by atoms with van der Waals surface area (Å²) in [6.07, 6.45) is -1.51. The van der Waals surface area contributed by atoms with Gasteiger partial charge in [0.25, 0.3) is 0 Å². The van der Waals surface area contributed by atoms with E-state index in [9.17, 15) is 13.2 Å². The predicted octanol–water partition coefficient (Wildman–Crippen LogP) is 6.16. The van der Waals surface area contributed by atoms with E-state index in [1.165, 1.54) is 24.7 Å². The number of fused-ring (bicyclic) bond motifs is 1. The molecule has 0 aliphatic heterocycles. The van der Waals surface area contributed by atoms with Gasteiger partial charge >= 0.3 is 6.18 Å². The van der Waals surface area contributed by atoms with Gasteiger partial charge < -0.3 is 0 Å². The van der Waals surface area contributed by atoms with Crippen molar-refractivity contribution in [2.75, 3.05) is 5.43 Å². The van der Waals surface area contributed by atoms with Crippen molar-refractivity contribution in [3.8, 4) is 5.69 Å². The molecule has 4 aromatic rings. The number of halogens is 4. The van der Waals surface area contributed by atoms with E-state index < -0.39 is 11.7 Å². The van der Waals surface area contributed by atoms with Gasteiger partial charge in [0.2, 0.25) is 0 Å². The summed E-state index contributed by atoms with van der Waals surface area (Å²) < 4.78 is 40.1. The third-order valence-electron chi connectivity index (χ3n) is 4.98. The number of nitrogens with zero attached hydrogens (tertiary/aromatic N) is 4. The Hall–Kier alpha value is -3.39. The van der Waals surface area contributed by atoms with Crippen molar-refractivity contribution in [1.29, 1.82) is 0 Å². The van der Waals surface area contributed by atoms with Crippen LogP contribution in [0.4, 0.5) is 19.0 Å². The van der Waals surface area contributed by atoms with Crippen molar-refractivity contribution in [2.24, 2.45) is 5.10 Å². The topological polar surface area (TPSA) is 55.1 Å². The van der Waals surface area contributed by atoms with Crippen LogP contribution in [0.5, 0.6) is 0 Å². The molecule has 158 valence electrons. The third-order valence-corrected chi connectivity index (χ3v) is 5.22. The number of hydrogen-bond acceptors (Lipinski definition) is 4. The highest BCUT2D eigenvalue weighted by molar-refractivity contribution is 6.30. The number of hydrogen-bond donors (Lipinski definition) is 1. The number of aryl methyl sites for hydroxylation is 1. The van der Waals surface area contributed by atoms with Crippen LogP contribution in [0.2, 0.25) is 5.02 Å². The summed E-state index contributed by atoms with van der Waals surface area (Å²) >= 11 is 6.16. The van der Waals surface area contributed by atoms with E-state index in [0.29, 0.717) is 22.1 Å². The monoisotopic (exact) mass is 443 g/mol. The van der Waals surface area contributed by atoms with Gasteiger partial charge in [-0.25, -0.2) is 9.97 Å². The van der Waals surface area contributed by atoms with Gasteiger partial charge in [-0.15, -0.1) is 0 Å². The Bertz CT molecular complexity index is 1280. The van der Waals surface area contributed by atoms with E-state index in [1.807, 2.05) is 36.6 Å². The number of benzene rings is 2. The Morgan fingerprint density at radius 1 is 1.06 bits per heavy atom. The van der Waals surface area contributed by atoms with Crippen LogP contribution >= 0.6 is 11.6 Å². The number of nitrogens with one attached hydrogen (secondary N) is 1. The zero-order chi connectivity index (χ0) is 22.2. The molecule has 5 nitrogen and oxygen atoms in total. The highest BCUT2D eigenvalue weighted by Crippen LogP contribution is 2.32. The molecular formula is C22H17ClF3N5. The highest BCUT2D eigenvalue weighted by atomic mass is 35.5. The molecule has 0 fully saturated rings. The lowest BCUT2D eigenvalue weighted by atomic mass is 10.1. The minimum atomic E-state index is -4.37. The van der Waals surface area contributed by atoms with Gasteiger partial charge in [-0.2, -0.15) is 18.3 Å². The molecule has 4 rings (SSSR count). The van der Waals surface area contributed by atoms with Crippen molar-refractivity contribution < 1.29 is 13.2 Å². The largest absolute Gasteiger partial charge is 0.416 e. The lowest BCUT2D eigenvalue weighted by Crippen LogP contribution is -2.04. The minimum Gasteiger partial charge on any atom is -0.298 e. The van der Waals surface area contributed by atoms with Gasteiger partial charge in [-0.05, 0) is 55.3 Å². The van der Waals surface area contributed by atoms with Crippen LogP contribution in [0.1, 0.15) is 22.4 Å². The summed E-state index contributed by atoms with van der Waals surface area (Å²) in [5.74, 6) is 0.495. The number of aromatic nitrogens is 3. The number of hydrazone groups is 1. The summed E-state index contributed by atoms with van der Waals surface area (Å²) in [4.78, 5) is 8.73. The fourth-order valence-corrected chi connectivity index (χ4v) is 3.53. The maximum atomic E-state index is 12.7. The summed E-state index contributed by atoms with van der Waals surface area (Å²) in [6.45, 7) is 3.94. The number of rotatable bonds is 4. The van der Waals surface area contributed by atoms with Gasteiger partial charge in [0, 0.05) is 16.4 Å². The van der Waals surface area contributed by atoms with Gasteiger partial charge in [-0.1, -0.05) is 29.8 Å². The van der Waals surface area contributed by atoms with Crippen LogP contribution in [-0.2, 0) is 6.18 Å². The van der Waals surface area contributed by atoms with E-state index in [4.69, 9.17) is 11.6 Å². The Labute approximate surface area is 181 Å². The summed E-state index contributed by atoms with van der Waals surface area (Å²) in [7, 11) is 0. The van der Waals surface area contributed by atoms with Crippen molar-refractivity contribution >= 4 is 34.7 Å². The van der Waals surface area contributed by atoms with Gasteiger partial charge in [0.15, 0.2) is 11.5 Å². The van der Waals surface area contributed by atoms with E-state index in [1.54, 1.807) is 6.07 Å². The lowest BCUT2D eigenvalue weighted by Gasteiger charge is -2.08. The first-order chi connectivity index (χ1) is 14.8. The van der Waals surface area contributed by atoms with E-state index >= 15 is 0 Å². The average molecular weight is 444 g/mol. The van der Waals surface area contributed by atoms with Crippen molar-refractivity contribution in [3.05, 3.63) is 82.3 Å². The smallest absolute Gasteiger partial charge is 0.298 e. The van der Waals surface area contributed by atoms with Crippen LogP contribution in [0.25, 0.3) is 16.7 Å². The molecule has 31 heavy (non-hydrogen) atoms. The van der Waals surface area contributed by atoms with Crippen LogP contribution in [0.3, 0.4) is 0 Å². The van der Waals surface area contributed by atoms with E-state index in [-0.39, 0.29) is 0 Å². The molecule has 2 aromatic heterocycles. The van der Waals surface area contributed by atoms with Gasteiger partial charge in [0.1, 0.15) is 6.33 Å². The van der Waals surface area contributed by atoms with Gasteiger partial charge in [0.05, 0.1) is 17.2 Å². The fourth-order valence-electron chi connectivity index (χ4n) is 3.34. The molecule has 0 saturated carbocycles. The van der Waals surface area contributed by atoms with Crippen LogP contribution in [-0.4, -0.2) is 20.7 Å². The Balaban J connectivity index is 1.66. The van der Waals surface area contributed by atoms with Crippen molar-refractivity contribution in [2.45, 2.75) is 20.0 Å². The molecule has 0 saturated heterocycles. The van der Waals surface area contributed by atoms with Crippen molar-refractivity contribution in [3.63, 3.8) is 0 Å². The molecule has 0 aliphatic carbocycles. The van der Waals surface area contributed by atoms with Gasteiger partial charge in [-0.3, -0.25) is 9.99 Å². The Morgan fingerprint density at radius 2 is 1.81 bits per heavy atom. The Morgan fingerprint density at radius 3 is 2.48 bits per heavy atom. The average Bonchev–Trinajstić information content (AvgIpc) is 2.99. The predicted molar refractivity (Wildman–Crippen MR) is 116 cm³/mol. The maximum absolute atomic E-state index is 12.7. The molecular weight excluding hydrogens is 427 g/mol. The van der Waals surface area contributed by atoms with E-state index in [0.717, 1.165) is 34.5 Å². The lowest BCUT2D eigenvalue weighted by molar-refractivity contribution is -0.137. The number of alkyl halides is 3. The molecule has 2 aromatic carbocycles. The molecule has 0 atom stereocenters. The SMILES string of the molecule is Cc1c(C)n(-c2cccc(Cl)c2)c2ncnc(NN=Cc3ccc(C(F)(F)F)cc3)c12. The molecule has 9 heteroatoms. The standard InChI is InChI=1S/C22H17ClF3N5/c1-13-14(2)31(18-5-3-4-17(23)10-18)21-19(13)20(27-12-28-21)30-29-11-15-6-8-16(9-7-15)22(24,25)26/h3-12H,1-2H3,(H,27,28,30). The second-order valence-corrected chi connectivity index (χ2v) is 7.37. The number of anilines is 1. The molecule has 0 bridgehead atoms. The minimum absolute atomic E-state index is 0.495. The zero-order valence-electron chi connectivity index (χ0n) is 16.6. The quantitative estimate of drug-likeness (QED) is 0.304. The second-order valence-electron chi connectivity index (χ2n) is 6.94.